The number of imidazole rings is 1. The van der Waals surface area contributed by atoms with Crippen molar-refractivity contribution in [3.05, 3.63) is 84.1 Å². The Morgan fingerprint density at radius 1 is 1.07 bits per heavy atom. The molecule has 0 unspecified atom stereocenters. The molecule has 30 heavy (non-hydrogen) atoms. The second-order valence-electron chi connectivity index (χ2n) is 7.88. The highest BCUT2D eigenvalue weighted by atomic mass is 16.5. The Labute approximate surface area is 176 Å². The fourth-order valence-corrected chi connectivity index (χ4v) is 4.08. The van der Waals surface area contributed by atoms with E-state index in [-0.39, 0.29) is 0 Å². The normalized spacial score (nSPS) is 14.0. The summed E-state index contributed by atoms with van der Waals surface area (Å²) in [4.78, 5) is 9.74. The summed E-state index contributed by atoms with van der Waals surface area (Å²) in [5.41, 5.74) is 11.1. The van der Waals surface area contributed by atoms with Crippen LogP contribution >= 0.6 is 0 Å². The van der Waals surface area contributed by atoms with E-state index >= 15 is 0 Å². The number of benzene rings is 2. The molecule has 0 radical (unpaired) electrons. The van der Waals surface area contributed by atoms with Crippen LogP contribution in [-0.2, 0) is 13.0 Å². The molecule has 0 bridgehead atoms. The molecule has 5 nitrogen and oxygen atoms in total. The first-order valence-corrected chi connectivity index (χ1v) is 10.7. The molecule has 0 amide bonds. The molecular formula is C25H26N4O. The second kappa shape index (κ2) is 8.28. The van der Waals surface area contributed by atoms with Gasteiger partial charge in [0.15, 0.2) is 0 Å². The first kappa shape index (κ1) is 18.8. The van der Waals surface area contributed by atoms with Gasteiger partial charge in [-0.2, -0.15) is 0 Å². The van der Waals surface area contributed by atoms with Crippen LogP contribution in [0.1, 0.15) is 42.3 Å². The zero-order chi connectivity index (χ0) is 20.3. The topological polar surface area (TPSA) is 65.4 Å². The third-order valence-electron chi connectivity index (χ3n) is 5.87. The van der Waals surface area contributed by atoms with Crippen LogP contribution in [0.2, 0.25) is 0 Å². The lowest BCUT2D eigenvalue weighted by Gasteiger charge is -2.24. The summed E-state index contributed by atoms with van der Waals surface area (Å²) < 4.78 is 8.29. The largest absolute Gasteiger partial charge is 0.489 e. The van der Waals surface area contributed by atoms with Crippen LogP contribution in [0.4, 0.5) is 0 Å². The van der Waals surface area contributed by atoms with Crippen molar-refractivity contribution in [2.24, 2.45) is 5.73 Å². The summed E-state index contributed by atoms with van der Waals surface area (Å²) in [6.07, 6.45) is 8.32. The number of hydrogen-bond acceptors (Lipinski definition) is 4. The van der Waals surface area contributed by atoms with Crippen LogP contribution in [0.3, 0.4) is 0 Å². The van der Waals surface area contributed by atoms with Crippen molar-refractivity contribution < 1.29 is 4.74 Å². The first-order valence-electron chi connectivity index (χ1n) is 10.7. The highest BCUT2D eigenvalue weighted by Crippen LogP contribution is 2.39. The molecule has 2 heterocycles. The standard InChI is InChI=1S/C25H26N4O/c26-13-12-22-24-23(28-25(19-8-4-9-19)29(24)15-14-27-22)20-10-5-11-21(16-20)30-17-18-6-2-1-3-7-18/h1-3,5-7,10-11,14-16,19H,4,8-9,12-13,17,26H2. The lowest BCUT2D eigenvalue weighted by Crippen LogP contribution is -2.13. The summed E-state index contributed by atoms with van der Waals surface area (Å²) in [5.74, 6) is 2.51. The maximum absolute atomic E-state index is 6.06. The monoisotopic (exact) mass is 398 g/mol. The molecule has 1 fully saturated rings. The molecular weight excluding hydrogens is 372 g/mol. The van der Waals surface area contributed by atoms with Gasteiger partial charge in [-0.3, -0.25) is 9.38 Å². The minimum absolute atomic E-state index is 0.525. The molecule has 0 aliphatic heterocycles. The molecule has 2 N–H and O–H groups in total. The Morgan fingerprint density at radius 2 is 1.93 bits per heavy atom. The van der Waals surface area contributed by atoms with E-state index in [4.69, 9.17) is 15.5 Å². The Balaban J connectivity index is 1.54. The van der Waals surface area contributed by atoms with Crippen molar-refractivity contribution >= 4 is 5.52 Å². The average molecular weight is 399 g/mol. The van der Waals surface area contributed by atoms with Crippen LogP contribution in [0.15, 0.2) is 67.0 Å². The van der Waals surface area contributed by atoms with Gasteiger partial charge in [-0.15, -0.1) is 0 Å². The fourth-order valence-electron chi connectivity index (χ4n) is 4.08. The van der Waals surface area contributed by atoms with Crippen LogP contribution in [0, 0.1) is 0 Å². The van der Waals surface area contributed by atoms with Gasteiger partial charge in [0.2, 0.25) is 0 Å². The van der Waals surface area contributed by atoms with E-state index in [9.17, 15) is 0 Å². The van der Waals surface area contributed by atoms with E-state index in [1.807, 2.05) is 42.7 Å². The van der Waals surface area contributed by atoms with E-state index in [1.165, 1.54) is 19.3 Å². The Hall–Kier alpha value is -3.18. The Morgan fingerprint density at radius 3 is 2.70 bits per heavy atom. The van der Waals surface area contributed by atoms with Gasteiger partial charge in [-0.25, -0.2) is 4.98 Å². The van der Waals surface area contributed by atoms with Gasteiger partial charge in [-0.05, 0) is 37.1 Å². The van der Waals surface area contributed by atoms with Crippen LogP contribution in [0.5, 0.6) is 5.75 Å². The van der Waals surface area contributed by atoms with E-state index in [0.29, 0.717) is 19.1 Å². The average Bonchev–Trinajstić information content (AvgIpc) is 3.13. The van der Waals surface area contributed by atoms with Gasteiger partial charge >= 0.3 is 0 Å². The van der Waals surface area contributed by atoms with Crippen LogP contribution in [-0.4, -0.2) is 20.9 Å². The quantitative estimate of drug-likeness (QED) is 0.488. The SMILES string of the molecule is NCCc1nccn2c(C3CCC3)nc(-c3cccc(OCc4ccccc4)c3)c12. The van der Waals surface area contributed by atoms with Crippen LogP contribution in [0.25, 0.3) is 16.8 Å². The Bertz CT molecular complexity index is 1150. The van der Waals surface area contributed by atoms with E-state index in [0.717, 1.165) is 46.0 Å². The van der Waals surface area contributed by atoms with E-state index in [1.54, 1.807) is 0 Å². The van der Waals surface area contributed by atoms with Gasteiger partial charge in [0, 0.05) is 30.3 Å². The van der Waals surface area contributed by atoms with E-state index in [2.05, 4.69) is 33.7 Å². The van der Waals surface area contributed by atoms with Crippen molar-refractivity contribution in [2.45, 2.75) is 38.2 Å². The van der Waals surface area contributed by atoms with Gasteiger partial charge in [0.25, 0.3) is 0 Å². The summed E-state index contributed by atoms with van der Waals surface area (Å²) in [5, 5.41) is 0. The predicted octanol–water partition coefficient (Wildman–Crippen LogP) is 4.74. The third kappa shape index (κ3) is 3.57. The molecule has 1 aliphatic carbocycles. The zero-order valence-corrected chi connectivity index (χ0v) is 17.0. The molecule has 0 atom stereocenters. The number of rotatable bonds is 7. The first-order chi connectivity index (χ1) is 14.8. The highest BCUT2D eigenvalue weighted by molar-refractivity contribution is 5.80. The Kier molecular flexibility index (Phi) is 5.20. The molecule has 2 aromatic carbocycles. The molecule has 152 valence electrons. The lowest BCUT2D eigenvalue weighted by molar-refractivity contribution is 0.306. The van der Waals surface area contributed by atoms with Gasteiger partial charge < -0.3 is 10.5 Å². The maximum Gasteiger partial charge on any atom is 0.120 e. The predicted molar refractivity (Wildman–Crippen MR) is 119 cm³/mol. The van der Waals surface area contributed by atoms with Crippen molar-refractivity contribution in [3.8, 4) is 17.0 Å². The lowest BCUT2D eigenvalue weighted by atomic mass is 9.85. The second-order valence-corrected chi connectivity index (χ2v) is 7.88. The fraction of sp³-hybridized carbons (Fsp3) is 0.280. The number of nitrogens with zero attached hydrogens (tertiary/aromatic N) is 3. The summed E-state index contributed by atoms with van der Waals surface area (Å²) in [6, 6.07) is 18.4. The molecule has 0 saturated heterocycles. The number of ether oxygens (including phenoxy) is 1. The van der Waals surface area contributed by atoms with Crippen molar-refractivity contribution in [3.63, 3.8) is 0 Å². The number of aromatic nitrogens is 3. The minimum atomic E-state index is 0.525. The number of nitrogens with two attached hydrogens (primary N) is 1. The van der Waals surface area contributed by atoms with Gasteiger partial charge in [0.1, 0.15) is 18.2 Å². The third-order valence-corrected chi connectivity index (χ3v) is 5.87. The van der Waals surface area contributed by atoms with E-state index < -0.39 is 0 Å². The molecule has 5 heteroatoms. The van der Waals surface area contributed by atoms with Crippen LogP contribution < -0.4 is 10.5 Å². The molecule has 4 aromatic rings. The smallest absolute Gasteiger partial charge is 0.120 e. The van der Waals surface area contributed by atoms with Gasteiger partial charge in [0.05, 0.1) is 16.9 Å². The van der Waals surface area contributed by atoms with Crippen molar-refractivity contribution in [1.82, 2.24) is 14.4 Å². The van der Waals surface area contributed by atoms with Gasteiger partial charge in [-0.1, -0.05) is 48.9 Å². The molecule has 1 aliphatic rings. The molecule has 0 spiro atoms. The molecule has 1 saturated carbocycles. The molecule has 5 rings (SSSR count). The highest BCUT2D eigenvalue weighted by Gasteiger charge is 2.27. The zero-order valence-electron chi connectivity index (χ0n) is 17.0. The van der Waals surface area contributed by atoms with Crippen molar-refractivity contribution in [2.75, 3.05) is 6.54 Å². The number of fused-ring (bicyclic) bond motifs is 1. The summed E-state index contributed by atoms with van der Waals surface area (Å²) >= 11 is 0. The van der Waals surface area contributed by atoms with Crippen molar-refractivity contribution in [1.29, 1.82) is 0 Å². The summed E-state index contributed by atoms with van der Waals surface area (Å²) in [6.45, 7) is 1.11. The number of hydrogen-bond donors (Lipinski definition) is 1. The minimum Gasteiger partial charge on any atom is -0.489 e. The summed E-state index contributed by atoms with van der Waals surface area (Å²) in [7, 11) is 0. The maximum atomic E-state index is 6.06. The molecule has 2 aromatic heterocycles.